The third-order valence-electron chi connectivity index (χ3n) is 19.0. The third-order valence-corrected chi connectivity index (χ3v) is 20.0. The van der Waals surface area contributed by atoms with Crippen LogP contribution in [0.15, 0.2) is 36.5 Å². The summed E-state index contributed by atoms with van der Waals surface area (Å²) in [5, 5.41) is 110. The lowest BCUT2D eigenvalue weighted by Crippen LogP contribution is -2.69. The summed E-state index contributed by atoms with van der Waals surface area (Å²) in [5.41, 5.74) is 0. The Kier molecular flexibility index (Phi) is 51.6. The van der Waals surface area contributed by atoms with E-state index in [1.807, 2.05) is 6.08 Å². The van der Waals surface area contributed by atoms with Gasteiger partial charge in [-0.15, -0.1) is 0 Å². The molecule has 24 nitrogen and oxygen atoms in total. The van der Waals surface area contributed by atoms with Gasteiger partial charge >= 0.3 is 25.7 Å². The number of ether oxygens (including phenoxy) is 7. The Morgan fingerprint density at radius 1 is 0.410 bits per heavy atom. The van der Waals surface area contributed by atoms with E-state index in [4.69, 9.17) is 42.2 Å². The fraction of sp³-hybridized carbons (Fsp3) is 0.880. The zero-order valence-electron chi connectivity index (χ0n) is 61.0. The number of allylic oxidation sites excluding steroid dienone is 5. The number of aliphatic hydroxyl groups is 10. The minimum absolute atomic E-state index is 0.0231. The Hall–Kier alpha value is -2.82. The Bertz CT molecular complexity index is 2210. The van der Waals surface area contributed by atoms with Gasteiger partial charge in [-0.05, 0) is 51.4 Å². The van der Waals surface area contributed by atoms with Crippen molar-refractivity contribution in [3.05, 3.63) is 36.5 Å². The number of rotatable bonds is 60. The Labute approximate surface area is 597 Å². The lowest BCUT2D eigenvalue weighted by atomic mass is 9.84. The number of esters is 3. The number of hydrogen-bond acceptors (Lipinski definition) is 23. The maximum Gasteiger partial charge on any atom is 0.472 e. The first-order valence-electron chi connectivity index (χ1n) is 38.8. The van der Waals surface area contributed by atoms with Gasteiger partial charge in [-0.2, -0.15) is 0 Å². The highest BCUT2D eigenvalue weighted by molar-refractivity contribution is 7.47. The van der Waals surface area contributed by atoms with Gasteiger partial charge in [0.15, 0.2) is 18.7 Å². The first kappa shape index (κ1) is 91.4. The van der Waals surface area contributed by atoms with Crippen LogP contribution in [0.2, 0.25) is 0 Å². The highest BCUT2D eigenvalue weighted by atomic mass is 31.2. The molecule has 18 unspecified atom stereocenters. The van der Waals surface area contributed by atoms with Crippen molar-refractivity contribution in [3.63, 3.8) is 0 Å². The maximum atomic E-state index is 14.3. The normalized spacial score (nSPS) is 27.5. The molecule has 0 amide bonds. The summed E-state index contributed by atoms with van der Waals surface area (Å²) < 4.78 is 64.9. The van der Waals surface area contributed by atoms with E-state index >= 15 is 0 Å². The molecule has 11 N–H and O–H groups in total. The van der Waals surface area contributed by atoms with Crippen molar-refractivity contribution in [2.45, 2.75) is 395 Å². The van der Waals surface area contributed by atoms with Gasteiger partial charge in [0.05, 0.1) is 13.2 Å². The van der Waals surface area contributed by atoms with E-state index in [2.05, 4.69) is 32.9 Å². The molecule has 2 heterocycles. The van der Waals surface area contributed by atoms with Crippen LogP contribution < -0.4 is 0 Å². The molecule has 0 aromatic rings. The molecule has 1 saturated carbocycles. The Balaban J connectivity index is 1.74. The van der Waals surface area contributed by atoms with Gasteiger partial charge in [0, 0.05) is 18.9 Å². The molecule has 584 valence electrons. The van der Waals surface area contributed by atoms with E-state index in [1.54, 1.807) is 6.08 Å². The highest BCUT2D eigenvalue weighted by Crippen LogP contribution is 2.49. The van der Waals surface area contributed by atoms with Crippen LogP contribution in [-0.2, 0) is 61.2 Å². The van der Waals surface area contributed by atoms with E-state index in [9.17, 15) is 74.9 Å². The SMILES string of the molecule is CCCCCCCC/C=C\CCCCCC(=O)OCC(COP(=O)(O)OC1C(OC2OC(CO)C(O)C(O)C2O)C(O)C(O)C(O)C1OC1OC(COC(=O)/C=C/C=C/CCCCCCCCCCCCC)C(O)C(O)C1O)OC(=O)CCCCCCCCCCCCCCCCCCC. The maximum absolute atomic E-state index is 14.3. The summed E-state index contributed by atoms with van der Waals surface area (Å²) in [7, 11) is -5.71. The van der Waals surface area contributed by atoms with Gasteiger partial charge in [-0.25, -0.2) is 9.36 Å². The van der Waals surface area contributed by atoms with Gasteiger partial charge < -0.3 is 89.1 Å². The molecule has 3 rings (SSSR count). The fourth-order valence-corrected chi connectivity index (χ4v) is 13.6. The molecule has 1 aliphatic carbocycles. The molecule has 0 bridgehead atoms. The van der Waals surface area contributed by atoms with Crippen LogP contribution in [-0.4, -0.2) is 204 Å². The zero-order chi connectivity index (χ0) is 73.2. The standard InChI is InChI=1S/C75H135O24P/c1-4-7-10-13-16-19-22-25-27-28-30-33-36-39-42-45-48-51-61(79)94-56(53-91-59(77)49-46-43-40-37-34-31-24-21-18-15-12-9-6-3)54-93-100(89,90)99-73-71(97-74-69(87)64(82)62(80)57(52-76)95-74)67(85)66(84)68(86)72(73)98-75-70(88)65(83)63(81)58(96-75)55-92-60(78)50-47-44-41-38-35-32-29-26-23-20-17-14-11-8-5-2/h31,34,41,44,47,50,56-58,62-76,80-88H,4-30,32-33,35-40,42-43,45-46,48-49,51-55H2,1-3H3,(H,89,90)/b34-31-,44-41+,50-47+. The van der Waals surface area contributed by atoms with E-state index < -0.39 is 156 Å². The van der Waals surface area contributed by atoms with Crippen LogP contribution in [0.5, 0.6) is 0 Å². The number of unbranched alkanes of at least 4 members (excludes halogenated alkanes) is 36. The molecule has 2 saturated heterocycles. The van der Waals surface area contributed by atoms with Crippen molar-refractivity contribution in [1.82, 2.24) is 0 Å². The van der Waals surface area contributed by atoms with Gasteiger partial charge in [-0.3, -0.25) is 18.6 Å². The molecule has 0 spiro atoms. The van der Waals surface area contributed by atoms with Crippen LogP contribution in [0.3, 0.4) is 0 Å². The molecule has 100 heavy (non-hydrogen) atoms. The van der Waals surface area contributed by atoms with Crippen molar-refractivity contribution in [1.29, 1.82) is 0 Å². The molecule has 18 atom stereocenters. The van der Waals surface area contributed by atoms with E-state index in [1.165, 1.54) is 160 Å². The molecule has 25 heteroatoms. The molecular weight excluding hydrogens is 1320 g/mol. The quantitative estimate of drug-likeness (QED) is 0.00512. The van der Waals surface area contributed by atoms with Crippen molar-refractivity contribution >= 4 is 25.7 Å². The van der Waals surface area contributed by atoms with Crippen molar-refractivity contribution in [3.8, 4) is 0 Å². The topological polar surface area (TPSA) is 374 Å². The third kappa shape index (κ3) is 39.0. The number of carbonyl (C=O) groups is 3. The average molecular weight is 1450 g/mol. The molecular formula is C75H135O24P. The molecule has 2 aliphatic heterocycles. The van der Waals surface area contributed by atoms with Gasteiger partial charge in [-0.1, -0.05) is 257 Å². The highest BCUT2D eigenvalue weighted by Gasteiger charge is 2.58. The van der Waals surface area contributed by atoms with Crippen LogP contribution in [0.4, 0.5) is 0 Å². The van der Waals surface area contributed by atoms with E-state index in [0.717, 1.165) is 96.0 Å². The summed E-state index contributed by atoms with van der Waals surface area (Å²) in [6, 6.07) is 0. The summed E-state index contributed by atoms with van der Waals surface area (Å²) >= 11 is 0. The number of phosphoric ester groups is 1. The van der Waals surface area contributed by atoms with Crippen LogP contribution in [0.1, 0.15) is 290 Å². The molecule has 0 radical (unpaired) electrons. The molecule has 3 fully saturated rings. The van der Waals surface area contributed by atoms with Gasteiger partial charge in [0.2, 0.25) is 0 Å². The minimum Gasteiger partial charge on any atom is -0.462 e. The van der Waals surface area contributed by atoms with Crippen LogP contribution >= 0.6 is 7.82 Å². The van der Waals surface area contributed by atoms with E-state index in [0.29, 0.717) is 12.8 Å². The largest absolute Gasteiger partial charge is 0.472 e. The second kappa shape index (κ2) is 56.5. The minimum atomic E-state index is -5.71. The summed E-state index contributed by atoms with van der Waals surface area (Å²) in [5.74, 6) is -2.24. The van der Waals surface area contributed by atoms with E-state index in [-0.39, 0.29) is 12.8 Å². The summed E-state index contributed by atoms with van der Waals surface area (Å²) in [6.45, 7) is 3.35. The first-order chi connectivity index (χ1) is 48.3. The molecule has 0 aromatic carbocycles. The Morgan fingerprint density at radius 3 is 1.22 bits per heavy atom. The number of aliphatic hydroxyl groups excluding tert-OH is 10. The summed E-state index contributed by atoms with van der Waals surface area (Å²) in [6.07, 6.45) is 19.8. The number of carbonyl (C=O) groups excluding carboxylic acids is 3. The second-order valence-corrected chi connectivity index (χ2v) is 29.2. The predicted molar refractivity (Wildman–Crippen MR) is 379 cm³/mol. The smallest absolute Gasteiger partial charge is 0.462 e. The lowest BCUT2D eigenvalue weighted by molar-refractivity contribution is -0.360. The van der Waals surface area contributed by atoms with Crippen LogP contribution in [0, 0.1) is 0 Å². The van der Waals surface area contributed by atoms with Crippen molar-refractivity contribution < 1.29 is 117 Å². The molecule has 0 aromatic heterocycles. The Morgan fingerprint density at radius 2 is 0.780 bits per heavy atom. The summed E-state index contributed by atoms with van der Waals surface area (Å²) in [4.78, 5) is 50.9. The van der Waals surface area contributed by atoms with Crippen LogP contribution in [0.25, 0.3) is 0 Å². The van der Waals surface area contributed by atoms with Gasteiger partial charge in [0.25, 0.3) is 0 Å². The number of hydrogen-bond donors (Lipinski definition) is 11. The van der Waals surface area contributed by atoms with Gasteiger partial charge in [0.1, 0.15) is 98.7 Å². The first-order valence-corrected chi connectivity index (χ1v) is 40.3. The van der Waals surface area contributed by atoms with Crippen molar-refractivity contribution in [2.24, 2.45) is 0 Å². The molecule has 3 aliphatic rings. The zero-order valence-corrected chi connectivity index (χ0v) is 61.9. The number of phosphoric acid groups is 1. The average Bonchev–Trinajstić information content (AvgIpc) is 0.761. The lowest BCUT2D eigenvalue weighted by Gasteiger charge is -2.49. The monoisotopic (exact) mass is 1450 g/mol. The van der Waals surface area contributed by atoms with Crippen molar-refractivity contribution in [2.75, 3.05) is 26.4 Å². The fourth-order valence-electron chi connectivity index (χ4n) is 12.7. The second-order valence-electron chi connectivity index (χ2n) is 27.8. The predicted octanol–water partition coefficient (Wildman–Crippen LogP) is 11.1.